The van der Waals surface area contributed by atoms with Crippen molar-refractivity contribution in [2.24, 2.45) is 0 Å². The molecule has 0 saturated carbocycles. The Morgan fingerprint density at radius 3 is 2.56 bits per heavy atom. The second kappa shape index (κ2) is 10.1. The first-order chi connectivity index (χ1) is 16.5. The highest BCUT2D eigenvalue weighted by atomic mass is 32.1. The van der Waals surface area contributed by atoms with Gasteiger partial charge >= 0.3 is 6.03 Å². The van der Waals surface area contributed by atoms with Crippen LogP contribution in [0.4, 0.5) is 9.93 Å². The third-order valence-electron chi connectivity index (χ3n) is 5.87. The molecule has 4 rings (SSSR count). The van der Waals surface area contributed by atoms with Gasteiger partial charge in [-0.05, 0) is 24.0 Å². The molecule has 1 aromatic heterocycles. The van der Waals surface area contributed by atoms with Gasteiger partial charge in [0.15, 0.2) is 5.13 Å². The normalized spacial score (nSPS) is 17.6. The number of nitrogens with one attached hydrogen (secondary N) is 2. The molecule has 8 nitrogen and oxygen atoms in total. The molecular formula is C25H26N4O4S. The van der Waals surface area contributed by atoms with Crippen molar-refractivity contribution >= 4 is 34.3 Å². The highest BCUT2D eigenvalue weighted by molar-refractivity contribution is 7.14. The van der Waals surface area contributed by atoms with E-state index >= 15 is 0 Å². The minimum Gasteiger partial charge on any atom is -0.384 e. The first-order valence-electron chi connectivity index (χ1n) is 11.0. The Labute approximate surface area is 202 Å². The number of rotatable bonds is 9. The molecule has 1 aliphatic heterocycles. The Kier molecular flexibility index (Phi) is 7.04. The number of carbonyl (C=O) groups excluding carboxylic acids is 3. The zero-order valence-electron chi connectivity index (χ0n) is 19.0. The predicted octanol–water partition coefficient (Wildman–Crippen LogP) is 3.79. The van der Waals surface area contributed by atoms with E-state index in [2.05, 4.69) is 15.6 Å². The largest absolute Gasteiger partial charge is 0.384 e. The lowest BCUT2D eigenvalue weighted by atomic mass is 9.87. The summed E-state index contributed by atoms with van der Waals surface area (Å²) in [6.45, 7) is 2.10. The Bertz CT molecular complexity index is 1180. The topological polar surface area (TPSA) is 101 Å². The molecular weight excluding hydrogens is 452 g/mol. The van der Waals surface area contributed by atoms with E-state index in [-0.39, 0.29) is 6.54 Å². The summed E-state index contributed by atoms with van der Waals surface area (Å²) in [5.41, 5.74) is 2.37. The van der Waals surface area contributed by atoms with Gasteiger partial charge in [-0.15, -0.1) is 11.3 Å². The number of ether oxygens (including phenoxy) is 1. The van der Waals surface area contributed by atoms with Gasteiger partial charge in [0.05, 0.1) is 12.3 Å². The van der Waals surface area contributed by atoms with Crippen LogP contribution in [-0.4, -0.2) is 48.0 Å². The maximum atomic E-state index is 13.2. The highest BCUT2D eigenvalue weighted by Crippen LogP contribution is 2.32. The van der Waals surface area contributed by atoms with Gasteiger partial charge in [0.2, 0.25) is 5.91 Å². The molecule has 1 unspecified atom stereocenters. The van der Waals surface area contributed by atoms with Crippen LogP contribution < -0.4 is 10.6 Å². The summed E-state index contributed by atoms with van der Waals surface area (Å²) in [6.07, 6.45) is 1.21. The number of thiazole rings is 1. The molecule has 2 aromatic carbocycles. The van der Waals surface area contributed by atoms with Gasteiger partial charge < -0.3 is 15.4 Å². The minimum absolute atomic E-state index is 0.375. The van der Waals surface area contributed by atoms with Crippen LogP contribution in [0.2, 0.25) is 0 Å². The second-order valence-electron chi connectivity index (χ2n) is 7.97. The maximum absolute atomic E-state index is 13.2. The van der Waals surface area contributed by atoms with E-state index in [1.165, 1.54) is 16.9 Å². The van der Waals surface area contributed by atoms with Crippen molar-refractivity contribution in [3.63, 3.8) is 0 Å². The molecule has 0 spiro atoms. The minimum atomic E-state index is -1.16. The molecule has 3 aromatic rings. The van der Waals surface area contributed by atoms with Crippen molar-refractivity contribution in [3.8, 4) is 11.3 Å². The standard InChI is InChI=1S/C25H26N4O4S/c1-3-25(19-7-5-4-6-8-19)22(31)29(24(32)28-25)15-21(30)27-23-26-20(16-34-23)18-11-9-17(10-12-18)13-14-33-2/h4-12,16H,3,13-15H2,1-2H3,(H,28,32)(H,26,27,30). The fourth-order valence-electron chi connectivity index (χ4n) is 3.96. The SMILES string of the molecule is CCC1(c2ccccc2)NC(=O)N(CC(=O)Nc2nc(-c3ccc(CCOC)cc3)cs2)C1=O. The zero-order valence-corrected chi connectivity index (χ0v) is 19.9. The molecule has 2 N–H and O–H groups in total. The van der Waals surface area contributed by atoms with Gasteiger partial charge in [-0.1, -0.05) is 61.5 Å². The molecule has 0 aliphatic carbocycles. The summed E-state index contributed by atoms with van der Waals surface area (Å²) in [5, 5.41) is 7.74. The third kappa shape index (κ3) is 4.71. The van der Waals surface area contributed by atoms with Crippen LogP contribution in [0.3, 0.4) is 0 Å². The number of benzene rings is 2. The van der Waals surface area contributed by atoms with Crippen molar-refractivity contribution < 1.29 is 19.1 Å². The molecule has 1 saturated heterocycles. The zero-order chi connectivity index (χ0) is 24.1. The summed E-state index contributed by atoms with van der Waals surface area (Å²) >= 11 is 1.28. The molecule has 1 atom stereocenters. The number of nitrogens with zero attached hydrogens (tertiary/aromatic N) is 2. The molecule has 34 heavy (non-hydrogen) atoms. The number of hydrogen-bond donors (Lipinski definition) is 2. The van der Waals surface area contributed by atoms with E-state index in [1.807, 2.05) is 54.8 Å². The Balaban J connectivity index is 1.41. The van der Waals surface area contributed by atoms with E-state index in [1.54, 1.807) is 19.2 Å². The monoisotopic (exact) mass is 478 g/mol. The van der Waals surface area contributed by atoms with Crippen molar-refractivity contribution in [3.05, 3.63) is 71.1 Å². The van der Waals surface area contributed by atoms with Crippen LogP contribution in [0.5, 0.6) is 0 Å². The van der Waals surface area contributed by atoms with Crippen LogP contribution in [0.15, 0.2) is 60.0 Å². The fraction of sp³-hybridized carbons (Fsp3) is 0.280. The van der Waals surface area contributed by atoms with Crippen LogP contribution in [0, 0.1) is 0 Å². The van der Waals surface area contributed by atoms with Crippen molar-refractivity contribution in [2.75, 3.05) is 25.6 Å². The number of hydrogen-bond acceptors (Lipinski definition) is 6. The molecule has 176 valence electrons. The second-order valence-corrected chi connectivity index (χ2v) is 8.83. The Morgan fingerprint density at radius 1 is 1.15 bits per heavy atom. The van der Waals surface area contributed by atoms with Crippen molar-refractivity contribution in [2.45, 2.75) is 25.3 Å². The van der Waals surface area contributed by atoms with Crippen LogP contribution >= 0.6 is 11.3 Å². The van der Waals surface area contributed by atoms with Gasteiger partial charge in [0, 0.05) is 18.1 Å². The molecule has 4 amide bonds. The van der Waals surface area contributed by atoms with Crippen molar-refractivity contribution in [1.29, 1.82) is 0 Å². The van der Waals surface area contributed by atoms with E-state index in [9.17, 15) is 14.4 Å². The van der Waals surface area contributed by atoms with Crippen LogP contribution in [-0.2, 0) is 26.3 Å². The Morgan fingerprint density at radius 2 is 1.88 bits per heavy atom. The summed E-state index contributed by atoms with van der Waals surface area (Å²) in [6, 6.07) is 16.5. The average molecular weight is 479 g/mol. The average Bonchev–Trinajstić information content (AvgIpc) is 3.42. The smallest absolute Gasteiger partial charge is 0.325 e. The molecule has 1 fully saturated rings. The van der Waals surface area contributed by atoms with Gasteiger partial charge in [0.1, 0.15) is 12.1 Å². The lowest BCUT2D eigenvalue weighted by Gasteiger charge is -2.25. The van der Waals surface area contributed by atoms with Crippen molar-refractivity contribution in [1.82, 2.24) is 15.2 Å². The number of carbonyl (C=O) groups is 3. The van der Waals surface area contributed by atoms with E-state index in [4.69, 9.17) is 4.74 Å². The van der Waals surface area contributed by atoms with Gasteiger partial charge in [-0.3, -0.25) is 14.5 Å². The lowest BCUT2D eigenvalue weighted by Crippen LogP contribution is -2.44. The van der Waals surface area contributed by atoms with Gasteiger partial charge in [-0.25, -0.2) is 9.78 Å². The quantitative estimate of drug-likeness (QED) is 0.456. The Hall–Kier alpha value is -3.56. The first-order valence-corrected chi connectivity index (χ1v) is 11.9. The molecule has 2 heterocycles. The molecule has 1 aliphatic rings. The van der Waals surface area contributed by atoms with Crippen LogP contribution in [0.25, 0.3) is 11.3 Å². The maximum Gasteiger partial charge on any atom is 0.325 e. The number of aromatic nitrogens is 1. The number of urea groups is 1. The summed E-state index contributed by atoms with van der Waals surface area (Å²) in [4.78, 5) is 43.9. The summed E-state index contributed by atoms with van der Waals surface area (Å²) in [5.74, 6) is -0.922. The predicted molar refractivity (Wildman–Crippen MR) is 130 cm³/mol. The lowest BCUT2D eigenvalue weighted by molar-refractivity contribution is -0.134. The van der Waals surface area contributed by atoms with E-state index in [0.29, 0.717) is 23.7 Å². The van der Waals surface area contributed by atoms with Crippen LogP contribution in [0.1, 0.15) is 24.5 Å². The third-order valence-corrected chi connectivity index (χ3v) is 6.63. The van der Waals surface area contributed by atoms with Gasteiger partial charge in [0.25, 0.3) is 5.91 Å². The molecule has 0 radical (unpaired) electrons. The summed E-state index contributed by atoms with van der Waals surface area (Å²) in [7, 11) is 1.68. The number of methoxy groups -OCH3 is 1. The number of amides is 4. The molecule has 0 bridgehead atoms. The summed E-state index contributed by atoms with van der Waals surface area (Å²) < 4.78 is 5.10. The fourth-order valence-corrected chi connectivity index (χ4v) is 4.70. The van der Waals surface area contributed by atoms with E-state index < -0.39 is 23.4 Å². The number of imide groups is 1. The van der Waals surface area contributed by atoms with E-state index in [0.717, 1.165) is 22.6 Å². The molecule has 9 heteroatoms. The first kappa shape index (κ1) is 23.6. The highest BCUT2D eigenvalue weighted by Gasteiger charge is 2.51. The number of anilines is 1. The van der Waals surface area contributed by atoms with Gasteiger partial charge in [-0.2, -0.15) is 0 Å².